The Balaban J connectivity index is 2.15. The summed E-state index contributed by atoms with van der Waals surface area (Å²) in [5.74, 6) is -0.581. The zero-order chi connectivity index (χ0) is 18.3. The molecule has 4 heteroatoms. The van der Waals surface area contributed by atoms with Crippen LogP contribution in [0, 0.1) is 27.7 Å². The molecule has 0 radical (unpaired) electrons. The fourth-order valence-corrected chi connectivity index (χ4v) is 3.29. The largest absolute Gasteiger partial charge is 0.350 e. The van der Waals surface area contributed by atoms with Gasteiger partial charge in [0.05, 0.1) is 5.57 Å². The molecule has 4 nitrogen and oxygen atoms in total. The van der Waals surface area contributed by atoms with E-state index in [1.165, 1.54) is 11.9 Å². The average Bonchev–Trinajstić information content (AvgIpc) is 2.71. The molecule has 1 aliphatic rings. The van der Waals surface area contributed by atoms with Crippen LogP contribution in [0.5, 0.6) is 0 Å². The van der Waals surface area contributed by atoms with Gasteiger partial charge in [0.2, 0.25) is 0 Å². The summed E-state index contributed by atoms with van der Waals surface area (Å²) < 4.78 is 0. The van der Waals surface area contributed by atoms with E-state index in [9.17, 15) is 9.59 Å². The second kappa shape index (κ2) is 6.20. The summed E-state index contributed by atoms with van der Waals surface area (Å²) in [7, 11) is 1.52. The smallest absolute Gasteiger partial charge is 0.277 e. The van der Waals surface area contributed by atoms with Gasteiger partial charge in [-0.15, -0.1) is 0 Å². The highest BCUT2D eigenvalue weighted by Gasteiger charge is 2.37. The molecule has 0 fully saturated rings. The minimum absolute atomic E-state index is 0.274. The number of imide groups is 1. The first-order chi connectivity index (χ1) is 11.8. The van der Waals surface area contributed by atoms with Crippen molar-refractivity contribution < 1.29 is 9.59 Å². The average molecular weight is 334 g/mol. The molecule has 25 heavy (non-hydrogen) atoms. The number of benzene rings is 2. The van der Waals surface area contributed by atoms with E-state index in [0.717, 1.165) is 33.5 Å². The molecule has 2 aromatic rings. The van der Waals surface area contributed by atoms with Crippen molar-refractivity contribution in [3.63, 3.8) is 0 Å². The number of carbonyl (C=O) groups excluding carboxylic acids is 2. The van der Waals surface area contributed by atoms with Crippen LogP contribution in [-0.2, 0) is 9.59 Å². The molecule has 0 unspecified atom stereocenters. The number of hydrogen-bond acceptors (Lipinski definition) is 3. The highest BCUT2D eigenvalue weighted by Crippen LogP contribution is 2.32. The minimum atomic E-state index is -0.306. The van der Waals surface area contributed by atoms with E-state index >= 15 is 0 Å². The van der Waals surface area contributed by atoms with Crippen LogP contribution in [0.25, 0.3) is 5.57 Å². The van der Waals surface area contributed by atoms with Crippen LogP contribution in [0.15, 0.2) is 42.1 Å². The summed E-state index contributed by atoms with van der Waals surface area (Å²) in [5.41, 5.74) is 6.67. The number of anilines is 1. The van der Waals surface area contributed by atoms with E-state index in [1.54, 1.807) is 0 Å². The predicted molar refractivity (Wildman–Crippen MR) is 100 cm³/mol. The Hall–Kier alpha value is -2.88. The molecule has 0 atom stereocenters. The second-order valence-corrected chi connectivity index (χ2v) is 6.74. The van der Waals surface area contributed by atoms with Gasteiger partial charge in [-0.3, -0.25) is 14.5 Å². The molecule has 0 aliphatic carbocycles. The normalized spacial score (nSPS) is 14.5. The summed E-state index contributed by atoms with van der Waals surface area (Å²) in [6.45, 7) is 7.98. The Bertz CT molecular complexity index is 905. The first-order valence-corrected chi connectivity index (χ1v) is 8.27. The van der Waals surface area contributed by atoms with Gasteiger partial charge in [0.25, 0.3) is 11.8 Å². The fourth-order valence-electron chi connectivity index (χ4n) is 3.29. The van der Waals surface area contributed by atoms with Gasteiger partial charge in [-0.2, -0.15) is 0 Å². The molecule has 3 rings (SSSR count). The van der Waals surface area contributed by atoms with Crippen molar-refractivity contribution in [2.45, 2.75) is 27.7 Å². The lowest BCUT2D eigenvalue weighted by molar-refractivity contribution is -0.135. The molecule has 1 heterocycles. The number of aryl methyl sites for hydroxylation is 4. The number of nitrogens with zero attached hydrogens (tertiary/aromatic N) is 1. The Morgan fingerprint density at radius 1 is 0.800 bits per heavy atom. The highest BCUT2D eigenvalue weighted by molar-refractivity contribution is 6.36. The van der Waals surface area contributed by atoms with E-state index < -0.39 is 0 Å². The standard InChI is InChI=1S/C21H22N2O2/c1-12-6-7-17(15(4)9-12)18-19(21(25)23(5)20(18)24)22-16-10-13(2)8-14(3)11-16/h6-11,22H,1-5H3. The molecule has 128 valence electrons. The zero-order valence-electron chi connectivity index (χ0n) is 15.2. The quantitative estimate of drug-likeness (QED) is 0.870. The number of hydrogen-bond donors (Lipinski definition) is 1. The lowest BCUT2D eigenvalue weighted by Crippen LogP contribution is -2.28. The molecule has 2 amide bonds. The summed E-state index contributed by atoms with van der Waals surface area (Å²) >= 11 is 0. The maximum atomic E-state index is 12.7. The van der Waals surface area contributed by atoms with E-state index in [0.29, 0.717) is 11.3 Å². The maximum Gasteiger partial charge on any atom is 0.277 e. The maximum absolute atomic E-state index is 12.7. The van der Waals surface area contributed by atoms with E-state index in [-0.39, 0.29) is 11.8 Å². The van der Waals surface area contributed by atoms with Gasteiger partial charge in [0.15, 0.2) is 0 Å². The molecular weight excluding hydrogens is 312 g/mol. The molecule has 1 aliphatic heterocycles. The van der Waals surface area contributed by atoms with Crippen molar-refractivity contribution in [1.82, 2.24) is 4.90 Å². The van der Waals surface area contributed by atoms with Gasteiger partial charge in [-0.1, -0.05) is 29.8 Å². The van der Waals surface area contributed by atoms with Crippen molar-refractivity contribution in [2.24, 2.45) is 0 Å². The molecule has 0 saturated heterocycles. The van der Waals surface area contributed by atoms with Crippen LogP contribution in [0.4, 0.5) is 5.69 Å². The third kappa shape index (κ3) is 3.07. The first kappa shape index (κ1) is 17.0. The van der Waals surface area contributed by atoms with Gasteiger partial charge in [-0.05, 0) is 62.1 Å². The summed E-state index contributed by atoms with van der Waals surface area (Å²) in [6, 6.07) is 11.9. The summed E-state index contributed by atoms with van der Waals surface area (Å²) in [5, 5.41) is 3.19. The van der Waals surface area contributed by atoms with Crippen molar-refractivity contribution in [2.75, 3.05) is 12.4 Å². The van der Waals surface area contributed by atoms with Crippen LogP contribution >= 0.6 is 0 Å². The van der Waals surface area contributed by atoms with E-state index in [2.05, 4.69) is 11.4 Å². The lowest BCUT2D eigenvalue weighted by atomic mass is 9.97. The highest BCUT2D eigenvalue weighted by atomic mass is 16.2. The number of nitrogens with one attached hydrogen (secondary N) is 1. The van der Waals surface area contributed by atoms with Crippen LogP contribution in [0.3, 0.4) is 0 Å². The predicted octanol–water partition coefficient (Wildman–Crippen LogP) is 3.74. The number of amides is 2. The molecule has 0 saturated carbocycles. The Kier molecular flexibility index (Phi) is 4.21. The van der Waals surface area contributed by atoms with Gasteiger partial charge in [0, 0.05) is 12.7 Å². The number of rotatable bonds is 3. The Morgan fingerprint density at radius 2 is 1.44 bits per heavy atom. The van der Waals surface area contributed by atoms with Crippen molar-refractivity contribution in [3.05, 3.63) is 69.9 Å². The monoisotopic (exact) mass is 334 g/mol. The van der Waals surface area contributed by atoms with Gasteiger partial charge in [-0.25, -0.2) is 0 Å². The molecular formula is C21H22N2O2. The van der Waals surface area contributed by atoms with Crippen molar-refractivity contribution in [1.29, 1.82) is 0 Å². The Labute approximate surface area is 148 Å². The number of carbonyl (C=O) groups is 2. The van der Waals surface area contributed by atoms with Gasteiger partial charge < -0.3 is 5.32 Å². The third-order valence-corrected chi connectivity index (χ3v) is 4.43. The van der Waals surface area contributed by atoms with Gasteiger partial charge >= 0.3 is 0 Å². The van der Waals surface area contributed by atoms with E-state index in [1.807, 2.05) is 58.0 Å². The van der Waals surface area contributed by atoms with E-state index in [4.69, 9.17) is 0 Å². The topological polar surface area (TPSA) is 49.4 Å². The van der Waals surface area contributed by atoms with Crippen molar-refractivity contribution >= 4 is 23.1 Å². The van der Waals surface area contributed by atoms with Crippen LogP contribution in [0.2, 0.25) is 0 Å². The minimum Gasteiger partial charge on any atom is -0.350 e. The molecule has 0 spiro atoms. The second-order valence-electron chi connectivity index (χ2n) is 6.74. The Morgan fingerprint density at radius 3 is 2.04 bits per heavy atom. The first-order valence-electron chi connectivity index (χ1n) is 8.27. The fraction of sp³-hybridized carbons (Fsp3) is 0.238. The third-order valence-electron chi connectivity index (χ3n) is 4.43. The molecule has 1 N–H and O–H groups in total. The molecule has 0 bridgehead atoms. The summed E-state index contributed by atoms with van der Waals surface area (Å²) in [6.07, 6.45) is 0. The number of likely N-dealkylation sites (N-methyl/N-ethyl adjacent to an activating group) is 1. The van der Waals surface area contributed by atoms with Gasteiger partial charge in [0.1, 0.15) is 5.70 Å². The SMILES string of the molecule is Cc1cc(C)cc(NC2=C(c3ccc(C)cc3C)C(=O)N(C)C2=O)c1. The molecule has 2 aromatic carbocycles. The van der Waals surface area contributed by atoms with Crippen LogP contribution < -0.4 is 5.32 Å². The lowest BCUT2D eigenvalue weighted by Gasteiger charge is -2.11. The van der Waals surface area contributed by atoms with Crippen LogP contribution in [0.1, 0.15) is 27.8 Å². The zero-order valence-corrected chi connectivity index (χ0v) is 15.2. The van der Waals surface area contributed by atoms with Crippen molar-refractivity contribution in [3.8, 4) is 0 Å². The summed E-state index contributed by atoms with van der Waals surface area (Å²) in [4.78, 5) is 26.5. The molecule has 0 aromatic heterocycles. The van der Waals surface area contributed by atoms with Crippen LogP contribution in [-0.4, -0.2) is 23.8 Å².